The molecule has 1 aromatic carbocycles. The van der Waals surface area contributed by atoms with Gasteiger partial charge >= 0.3 is 0 Å². The molecular formula is C14H21NOS2. The predicted molar refractivity (Wildman–Crippen MR) is 83.0 cm³/mol. The topological polar surface area (TPSA) is 21.3 Å². The summed E-state index contributed by atoms with van der Waals surface area (Å²) in [4.78, 5) is 0. The minimum atomic E-state index is 0.393. The Balaban J connectivity index is 2.22. The molecule has 2 nitrogen and oxygen atoms in total. The zero-order valence-electron chi connectivity index (χ0n) is 11.0. The molecule has 0 aromatic heterocycles. The molecule has 1 aromatic rings. The van der Waals surface area contributed by atoms with Gasteiger partial charge in [0.25, 0.3) is 0 Å². The summed E-state index contributed by atoms with van der Waals surface area (Å²) in [6.45, 7) is 3.16. The molecule has 18 heavy (non-hydrogen) atoms. The first-order valence-corrected chi connectivity index (χ1v) is 8.62. The van der Waals surface area contributed by atoms with E-state index >= 15 is 0 Å². The van der Waals surface area contributed by atoms with Gasteiger partial charge in [-0.3, -0.25) is 0 Å². The van der Waals surface area contributed by atoms with E-state index in [1.807, 2.05) is 6.07 Å². The normalized spacial score (nSPS) is 21.6. The molecule has 0 radical (unpaired) electrons. The second kappa shape index (κ2) is 7.31. The van der Waals surface area contributed by atoms with Crippen LogP contribution in [0.25, 0.3) is 0 Å². The van der Waals surface area contributed by atoms with Gasteiger partial charge in [-0.15, -0.1) is 0 Å². The maximum atomic E-state index is 5.51. The molecule has 2 unspecified atom stereocenters. The molecule has 0 bridgehead atoms. The average molecular weight is 283 g/mol. The Hall–Kier alpha value is -0.320. The van der Waals surface area contributed by atoms with Crippen LogP contribution in [0.4, 0.5) is 0 Å². The second-order valence-corrected chi connectivity index (χ2v) is 6.76. The van der Waals surface area contributed by atoms with Crippen LogP contribution in [0.5, 0.6) is 5.75 Å². The lowest BCUT2D eigenvalue weighted by Gasteiger charge is -2.31. The summed E-state index contributed by atoms with van der Waals surface area (Å²) < 4.78 is 5.51. The molecule has 1 saturated heterocycles. The molecule has 1 aliphatic rings. The zero-order chi connectivity index (χ0) is 12.8. The van der Waals surface area contributed by atoms with Crippen molar-refractivity contribution in [2.24, 2.45) is 0 Å². The van der Waals surface area contributed by atoms with Crippen molar-refractivity contribution in [2.45, 2.75) is 18.2 Å². The molecule has 4 heteroatoms. The van der Waals surface area contributed by atoms with Gasteiger partial charge in [-0.25, -0.2) is 0 Å². The van der Waals surface area contributed by atoms with E-state index in [4.69, 9.17) is 4.74 Å². The van der Waals surface area contributed by atoms with Crippen LogP contribution < -0.4 is 10.1 Å². The number of nitrogens with one attached hydrogen (secondary N) is 1. The van der Waals surface area contributed by atoms with Crippen molar-refractivity contribution in [1.29, 1.82) is 0 Å². The number of ether oxygens (including phenoxy) is 1. The summed E-state index contributed by atoms with van der Waals surface area (Å²) in [6.07, 6.45) is 0. The summed E-state index contributed by atoms with van der Waals surface area (Å²) in [6, 6.07) is 8.77. The van der Waals surface area contributed by atoms with Crippen LogP contribution in [0.2, 0.25) is 0 Å². The van der Waals surface area contributed by atoms with E-state index in [9.17, 15) is 0 Å². The summed E-state index contributed by atoms with van der Waals surface area (Å²) >= 11 is 4.15. The minimum Gasteiger partial charge on any atom is -0.496 e. The van der Waals surface area contributed by atoms with Crippen molar-refractivity contribution in [2.75, 3.05) is 30.9 Å². The fourth-order valence-corrected chi connectivity index (χ4v) is 5.14. The van der Waals surface area contributed by atoms with E-state index in [1.165, 1.54) is 22.8 Å². The van der Waals surface area contributed by atoms with E-state index < -0.39 is 0 Å². The Morgan fingerprint density at radius 2 is 2.22 bits per heavy atom. The Labute approximate surface area is 118 Å². The SMILES string of the molecule is CCNC(c1ccccc1OC)C1CSCCS1. The Kier molecular flexibility index (Phi) is 5.73. The number of para-hydroxylation sites is 1. The highest BCUT2D eigenvalue weighted by Gasteiger charge is 2.27. The van der Waals surface area contributed by atoms with Gasteiger partial charge in [0.05, 0.1) is 7.11 Å². The van der Waals surface area contributed by atoms with E-state index in [0.29, 0.717) is 11.3 Å². The van der Waals surface area contributed by atoms with Gasteiger partial charge in [0.15, 0.2) is 0 Å². The van der Waals surface area contributed by atoms with Gasteiger partial charge in [-0.05, 0) is 12.6 Å². The Morgan fingerprint density at radius 1 is 1.39 bits per heavy atom. The number of rotatable bonds is 5. The molecule has 2 rings (SSSR count). The molecular weight excluding hydrogens is 262 g/mol. The molecule has 1 aliphatic heterocycles. The quantitative estimate of drug-likeness (QED) is 0.895. The molecule has 1 heterocycles. The van der Waals surface area contributed by atoms with Crippen molar-refractivity contribution in [1.82, 2.24) is 5.32 Å². The number of hydrogen-bond donors (Lipinski definition) is 1. The Bertz CT molecular complexity index is 367. The lowest BCUT2D eigenvalue weighted by molar-refractivity contribution is 0.399. The first kappa shape index (κ1) is 14.1. The lowest BCUT2D eigenvalue weighted by atomic mass is 10.0. The number of thioether (sulfide) groups is 2. The van der Waals surface area contributed by atoms with E-state index in [2.05, 4.69) is 54.0 Å². The van der Waals surface area contributed by atoms with Crippen LogP contribution in [0.1, 0.15) is 18.5 Å². The summed E-state index contributed by atoms with van der Waals surface area (Å²) in [5.41, 5.74) is 1.29. The van der Waals surface area contributed by atoms with Crippen LogP contribution in [0.3, 0.4) is 0 Å². The molecule has 1 fully saturated rings. The maximum absolute atomic E-state index is 5.51. The van der Waals surface area contributed by atoms with Crippen molar-refractivity contribution in [3.05, 3.63) is 29.8 Å². The smallest absolute Gasteiger partial charge is 0.123 e. The zero-order valence-corrected chi connectivity index (χ0v) is 12.7. The predicted octanol–water partition coefficient (Wildman–Crippen LogP) is 3.19. The fraction of sp³-hybridized carbons (Fsp3) is 0.571. The number of benzene rings is 1. The van der Waals surface area contributed by atoms with E-state index in [0.717, 1.165) is 12.3 Å². The largest absolute Gasteiger partial charge is 0.496 e. The standard InChI is InChI=1S/C14H21NOS2/c1-3-15-14(13-10-17-8-9-18-13)11-6-4-5-7-12(11)16-2/h4-7,13-15H,3,8-10H2,1-2H3. The highest BCUT2D eigenvalue weighted by molar-refractivity contribution is 8.06. The third-order valence-corrected chi connectivity index (χ3v) is 5.98. The molecule has 1 N–H and O–H groups in total. The summed E-state index contributed by atoms with van der Waals surface area (Å²) in [5, 5.41) is 4.27. The second-order valence-electron chi connectivity index (χ2n) is 4.26. The number of hydrogen-bond acceptors (Lipinski definition) is 4. The van der Waals surface area contributed by atoms with Crippen LogP contribution in [-0.2, 0) is 0 Å². The monoisotopic (exact) mass is 283 g/mol. The molecule has 100 valence electrons. The molecule has 2 atom stereocenters. The first-order valence-electron chi connectivity index (χ1n) is 6.42. The van der Waals surface area contributed by atoms with Crippen LogP contribution in [0, 0.1) is 0 Å². The van der Waals surface area contributed by atoms with E-state index in [1.54, 1.807) is 7.11 Å². The summed E-state index contributed by atoms with van der Waals surface area (Å²) in [5.74, 6) is 4.76. The van der Waals surface area contributed by atoms with Gasteiger partial charge in [-0.2, -0.15) is 23.5 Å². The number of methoxy groups -OCH3 is 1. The van der Waals surface area contributed by atoms with Crippen LogP contribution in [0.15, 0.2) is 24.3 Å². The Morgan fingerprint density at radius 3 is 2.89 bits per heavy atom. The van der Waals surface area contributed by atoms with Gasteiger partial charge in [0.2, 0.25) is 0 Å². The minimum absolute atomic E-state index is 0.393. The maximum Gasteiger partial charge on any atom is 0.123 e. The molecule has 0 amide bonds. The van der Waals surface area contributed by atoms with Crippen molar-refractivity contribution in [3.63, 3.8) is 0 Å². The summed E-state index contributed by atoms with van der Waals surface area (Å²) in [7, 11) is 1.75. The van der Waals surface area contributed by atoms with Gasteiger partial charge in [0, 0.05) is 34.1 Å². The third-order valence-electron chi connectivity index (χ3n) is 3.11. The molecule has 0 saturated carbocycles. The van der Waals surface area contributed by atoms with E-state index in [-0.39, 0.29) is 0 Å². The van der Waals surface area contributed by atoms with Crippen molar-refractivity contribution in [3.8, 4) is 5.75 Å². The van der Waals surface area contributed by atoms with Crippen LogP contribution in [-0.4, -0.2) is 36.2 Å². The van der Waals surface area contributed by atoms with Crippen LogP contribution >= 0.6 is 23.5 Å². The lowest BCUT2D eigenvalue weighted by Crippen LogP contribution is -2.33. The van der Waals surface area contributed by atoms with Gasteiger partial charge in [0.1, 0.15) is 5.75 Å². The fourth-order valence-electron chi connectivity index (χ4n) is 2.28. The highest BCUT2D eigenvalue weighted by atomic mass is 32.2. The van der Waals surface area contributed by atoms with Crippen molar-refractivity contribution >= 4 is 23.5 Å². The molecule has 0 aliphatic carbocycles. The molecule has 0 spiro atoms. The third kappa shape index (κ3) is 3.37. The average Bonchev–Trinajstić information content (AvgIpc) is 2.46. The van der Waals surface area contributed by atoms with Gasteiger partial charge < -0.3 is 10.1 Å². The van der Waals surface area contributed by atoms with Crippen molar-refractivity contribution < 1.29 is 4.74 Å². The highest BCUT2D eigenvalue weighted by Crippen LogP contribution is 2.36. The first-order chi connectivity index (χ1) is 8.86. The van der Waals surface area contributed by atoms with Gasteiger partial charge in [-0.1, -0.05) is 25.1 Å².